The lowest BCUT2D eigenvalue weighted by molar-refractivity contribution is -0.147. The molecule has 0 N–H and O–H groups in total. The van der Waals surface area contributed by atoms with Gasteiger partial charge in [-0.25, -0.2) is 4.39 Å². The van der Waals surface area contributed by atoms with Crippen LogP contribution >= 0.6 is 0 Å². The van der Waals surface area contributed by atoms with Crippen LogP contribution in [0, 0.1) is 40.4 Å². The molecule has 4 heteroatoms. The quantitative estimate of drug-likeness (QED) is 0.486. The lowest BCUT2D eigenvalue weighted by Gasteiger charge is -2.62. The third-order valence-electron chi connectivity index (χ3n) is 9.64. The van der Waals surface area contributed by atoms with Gasteiger partial charge in [-0.05, 0) is 54.4 Å². The minimum absolute atomic E-state index is 0.0757. The molecule has 1 heterocycles. The van der Waals surface area contributed by atoms with Crippen LogP contribution in [-0.4, -0.2) is 29.4 Å². The summed E-state index contributed by atoms with van der Waals surface area (Å²) >= 11 is 0. The molecule has 5 aliphatic rings. The zero-order valence-corrected chi connectivity index (χ0v) is 16.2. The summed E-state index contributed by atoms with van der Waals surface area (Å²) in [5.41, 5.74) is -0.190. The number of hydrogen-bond acceptors (Lipinski definition) is 3. The fraction of sp³-hybridized carbons (Fsp3) is 0.818. The van der Waals surface area contributed by atoms with Gasteiger partial charge in [-0.3, -0.25) is 9.59 Å². The van der Waals surface area contributed by atoms with Crippen molar-refractivity contribution in [3.05, 3.63) is 12.2 Å². The second-order valence-electron chi connectivity index (χ2n) is 10.2. The van der Waals surface area contributed by atoms with E-state index < -0.39 is 17.2 Å². The summed E-state index contributed by atoms with van der Waals surface area (Å²) in [5, 5.41) is 0. The zero-order valence-electron chi connectivity index (χ0n) is 16.2. The first kappa shape index (κ1) is 17.1. The Hall–Kier alpha value is -1.03. The van der Waals surface area contributed by atoms with Gasteiger partial charge in [0.1, 0.15) is 5.60 Å². The van der Waals surface area contributed by atoms with Crippen molar-refractivity contribution in [2.45, 2.75) is 71.3 Å². The molecular formula is C22H29FO3. The van der Waals surface area contributed by atoms with Crippen LogP contribution in [0.4, 0.5) is 4.39 Å². The van der Waals surface area contributed by atoms with E-state index in [-0.39, 0.29) is 46.8 Å². The van der Waals surface area contributed by atoms with Crippen LogP contribution in [0.15, 0.2) is 12.2 Å². The summed E-state index contributed by atoms with van der Waals surface area (Å²) in [6, 6.07) is 0. The molecule has 142 valence electrons. The third-order valence-corrected chi connectivity index (χ3v) is 9.64. The lowest BCUT2D eigenvalue weighted by atomic mass is 9.40. The molecule has 0 amide bonds. The Balaban J connectivity index is 1.64. The van der Waals surface area contributed by atoms with Gasteiger partial charge in [0.2, 0.25) is 0 Å². The molecule has 10 atom stereocenters. The van der Waals surface area contributed by atoms with Crippen LogP contribution < -0.4 is 0 Å². The summed E-state index contributed by atoms with van der Waals surface area (Å²) in [4.78, 5) is 25.1. The third kappa shape index (κ3) is 1.54. The number of epoxide rings is 1. The van der Waals surface area contributed by atoms with Crippen molar-refractivity contribution in [3.63, 3.8) is 0 Å². The number of fused-ring (bicyclic) bond motifs is 4. The van der Waals surface area contributed by atoms with Crippen molar-refractivity contribution in [2.75, 3.05) is 0 Å². The van der Waals surface area contributed by atoms with E-state index in [0.717, 1.165) is 18.4 Å². The molecule has 1 saturated heterocycles. The second kappa shape index (κ2) is 4.68. The van der Waals surface area contributed by atoms with Crippen molar-refractivity contribution < 1.29 is 18.7 Å². The number of rotatable bonds is 0. The van der Waals surface area contributed by atoms with Crippen LogP contribution in [0.2, 0.25) is 0 Å². The number of halogens is 1. The van der Waals surface area contributed by atoms with Gasteiger partial charge in [-0.2, -0.15) is 0 Å². The van der Waals surface area contributed by atoms with E-state index in [1.54, 1.807) is 0 Å². The molecule has 0 aromatic carbocycles. The van der Waals surface area contributed by atoms with Gasteiger partial charge in [0.05, 0.1) is 0 Å². The van der Waals surface area contributed by atoms with Crippen LogP contribution in [0.3, 0.4) is 0 Å². The van der Waals surface area contributed by atoms with Gasteiger partial charge in [-0.1, -0.05) is 34.3 Å². The summed E-state index contributed by atoms with van der Waals surface area (Å²) in [5.74, 6) is 1.08. The fourth-order valence-electron chi connectivity index (χ4n) is 7.99. The topological polar surface area (TPSA) is 46.7 Å². The van der Waals surface area contributed by atoms with E-state index in [1.165, 1.54) is 0 Å². The fourth-order valence-corrected chi connectivity index (χ4v) is 7.99. The highest BCUT2D eigenvalue weighted by Crippen LogP contribution is 2.75. The highest BCUT2D eigenvalue weighted by molar-refractivity contribution is 5.92. The Morgan fingerprint density at radius 1 is 1.19 bits per heavy atom. The van der Waals surface area contributed by atoms with Gasteiger partial charge in [0.25, 0.3) is 0 Å². The first-order valence-electron chi connectivity index (χ1n) is 10.2. The maximum atomic E-state index is 14.4. The Bertz CT molecular complexity index is 746. The van der Waals surface area contributed by atoms with E-state index in [1.807, 2.05) is 6.92 Å². The van der Waals surface area contributed by atoms with Crippen LogP contribution in [-0.2, 0) is 14.3 Å². The Morgan fingerprint density at radius 2 is 1.88 bits per heavy atom. The highest BCUT2D eigenvalue weighted by Gasteiger charge is 2.81. The predicted octanol–water partition coefficient (Wildman–Crippen LogP) is 3.90. The smallest absolute Gasteiger partial charge is 0.173 e. The average Bonchev–Trinajstić information content (AvgIpc) is 3.31. The molecule has 0 aromatic heterocycles. The van der Waals surface area contributed by atoms with Crippen molar-refractivity contribution in [1.82, 2.24) is 0 Å². The molecular weight excluding hydrogens is 331 g/mol. The van der Waals surface area contributed by atoms with Crippen molar-refractivity contribution in [3.8, 4) is 0 Å². The normalized spacial score (nSPS) is 60.8. The molecule has 0 bridgehead atoms. The predicted molar refractivity (Wildman–Crippen MR) is 95.1 cm³/mol. The minimum Gasteiger partial charge on any atom is -0.352 e. The molecule has 1 aliphatic heterocycles. The number of carbonyl (C=O) groups excluding carboxylic acids is 2. The summed E-state index contributed by atoms with van der Waals surface area (Å²) in [6.07, 6.45) is 0.944. The van der Waals surface area contributed by atoms with Crippen LogP contribution in [0.25, 0.3) is 0 Å². The number of ether oxygens (including phenoxy) is 1. The molecule has 4 saturated carbocycles. The van der Waals surface area contributed by atoms with Gasteiger partial charge in [0, 0.05) is 17.3 Å². The van der Waals surface area contributed by atoms with Crippen molar-refractivity contribution in [1.29, 1.82) is 0 Å². The summed E-state index contributed by atoms with van der Waals surface area (Å²) in [7, 11) is 0. The molecule has 5 rings (SSSR count). The molecule has 0 aromatic rings. The number of hydrogen-bond donors (Lipinski definition) is 0. The number of carbonyl (C=O) groups is 2. The van der Waals surface area contributed by atoms with Gasteiger partial charge in [0.15, 0.2) is 23.8 Å². The molecule has 0 radical (unpaired) electrons. The molecule has 2 unspecified atom stereocenters. The van der Waals surface area contributed by atoms with E-state index in [4.69, 9.17) is 4.74 Å². The van der Waals surface area contributed by atoms with Gasteiger partial charge < -0.3 is 4.74 Å². The van der Waals surface area contributed by atoms with Crippen LogP contribution in [0.1, 0.15) is 53.4 Å². The Kier molecular flexibility index (Phi) is 3.08. The largest absolute Gasteiger partial charge is 0.352 e. The maximum Gasteiger partial charge on any atom is 0.173 e. The van der Waals surface area contributed by atoms with Gasteiger partial charge >= 0.3 is 0 Å². The zero-order chi connectivity index (χ0) is 18.8. The average molecular weight is 360 g/mol. The SMILES string of the molecule is C=C1[C@@H](C)[C@@H]2[C@H](CC[C@]3(C)C(=O)[C@H](F)C[C@@H]23)[C@@]2(C)[C@H](C)CC(=O)C3OC132. The number of alkyl halides is 1. The second-order valence-corrected chi connectivity index (χ2v) is 10.2. The van der Waals surface area contributed by atoms with Crippen molar-refractivity contribution in [2.24, 2.45) is 40.4 Å². The van der Waals surface area contributed by atoms with Crippen molar-refractivity contribution >= 4 is 11.6 Å². The Labute approximate surface area is 154 Å². The monoisotopic (exact) mass is 360 g/mol. The molecule has 5 fully saturated rings. The standard InChI is InChI=1S/C22H29FO3/c1-10-8-16(24)19-22(26-19)12(3)11(2)17-13(21(10,22)5)6-7-20(4)14(17)9-15(23)18(20)25/h10-11,13-15,17,19H,3,6-9H2,1-2,4-5H3/t10-,11-,13+,14+,15-,17-,19?,20+,21-,22?/m1/s1. The van der Waals surface area contributed by atoms with E-state index in [9.17, 15) is 14.0 Å². The minimum atomic E-state index is -1.32. The molecule has 3 nitrogen and oxygen atoms in total. The summed E-state index contributed by atoms with van der Waals surface area (Å²) < 4.78 is 20.6. The highest BCUT2D eigenvalue weighted by atomic mass is 19.1. The number of ketones is 2. The molecule has 1 spiro atoms. The van der Waals surface area contributed by atoms with E-state index in [0.29, 0.717) is 18.8 Å². The molecule has 26 heavy (non-hydrogen) atoms. The van der Waals surface area contributed by atoms with Gasteiger partial charge in [-0.15, -0.1) is 0 Å². The molecule has 4 aliphatic carbocycles. The first-order valence-corrected chi connectivity index (χ1v) is 10.2. The van der Waals surface area contributed by atoms with E-state index >= 15 is 0 Å². The first-order chi connectivity index (χ1) is 12.1. The Morgan fingerprint density at radius 3 is 2.58 bits per heavy atom. The lowest BCUT2D eigenvalue weighted by Crippen LogP contribution is -2.64. The van der Waals surface area contributed by atoms with E-state index in [2.05, 4.69) is 27.4 Å². The number of Topliss-reactive ketones (excluding diaryl/α,β-unsaturated/α-hetero) is 2. The van der Waals surface area contributed by atoms with Crippen LogP contribution in [0.5, 0.6) is 0 Å². The maximum absolute atomic E-state index is 14.4. The summed E-state index contributed by atoms with van der Waals surface area (Å²) in [6.45, 7) is 13.0.